The third-order valence-electron chi connectivity index (χ3n) is 3.69. The van der Waals surface area contributed by atoms with Crippen LogP contribution in [-0.4, -0.2) is 5.91 Å². The first-order valence-electron chi connectivity index (χ1n) is 7.78. The van der Waals surface area contributed by atoms with Crippen molar-refractivity contribution in [2.75, 3.05) is 5.32 Å². The Morgan fingerprint density at radius 3 is 2.59 bits per heavy atom. The SMILES string of the molecule is Cc1ccccc1CN/C=C(/C#N)C(=O)Nc1ccc(Cl)c(C(F)(F)F)c1. The molecule has 140 valence electrons. The first kappa shape index (κ1) is 20.3. The molecule has 8 heteroatoms. The molecular formula is C19H15ClF3N3O. The summed E-state index contributed by atoms with van der Waals surface area (Å²) >= 11 is 5.54. The summed E-state index contributed by atoms with van der Waals surface area (Å²) in [5.74, 6) is -0.828. The lowest BCUT2D eigenvalue weighted by molar-refractivity contribution is -0.137. The molecule has 4 nitrogen and oxygen atoms in total. The van der Waals surface area contributed by atoms with Crippen LogP contribution >= 0.6 is 11.6 Å². The van der Waals surface area contributed by atoms with Gasteiger partial charge in [0.2, 0.25) is 0 Å². The predicted octanol–water partition coefficient (Wildman–Crippen LogP) is 4.80. The molecule has 0 saturated heterocycles. The van der Waals surface area contributed by atoms with E-state index in [2.05, 4.69) is 10.6 Å². The lowest BCUT2D eigenvalue weighted by atomic mass is 10.1. The summed E-state index contributed by atoms with van der Waals surface area (Å²) in [5.41, 5.74) is 0.576. The van der Waals surface area contributed by atoms with Crippen molar-refractivity contribution in [3.05, 3.63) is 76.0 Å². The van der Waals surface area contributed by atoms with Crippen molar-refractivity contribution in [2.45, 2.75) is 19.6 Å². The van der Waals surface area contributed by atoms with Gasteiger partial charge in [0.05, 0.1) is 10.6 Å². The number of hydrogen-bond donors (Lipinski definition) is 2. The first-order valence-corrected chi connectivity index (χ1v) is 8.16. The van der Waals surface area contributed by atoms with Gasteiger partial charge in [0.15, 0.2) is 0 Å². The minimum atomic E-state index is -4.65. The van der Waals surface area contributed by atoms with Crippen molar-refractivity contribution in [3.63, 3.8) is 0 Å². The molecule has 2 rings (SSSR count). The Morgan fingerprint density at radius 2 is 1.96 bits per heavy atom. The maximum absolute atomic E-state index is 12.9. The fourth-order valence-electron chi connectivity index (χ4n) is 2.24. The van der Waals surface area contributed by atoms with E-state index in [0.29, 0.717) is 6.54 Å². The van der Waals surface area contributed by atoms with Gasteiger partial charge < -0.3 is 10.6 Å². The standard InChI is InChI=1S/C19H15ClF3N3O/c1-12-4-2-3-5-13(12)10-25-11-14(9-24)18(27)26-15-6-7-17(20)16(8-15)19(21,22)23/h2-8,11,25H,10H2,1H3,(H,26,27)/b14-11-. The van der Waals surface area contributed by atoms with Crippen LogP contribution in [0.4, 0.5) is 18.9 Å². The average Bonchev–Trinajstić information content (AvgIpc) is 2.60. The number of halogens is 4. The highest BCUT2D eigenvalue weighted by Crippen LogP contribution is 2.36. The lowest BCUT2D eigenvalue weighted by Gasteiger charge is -2.11. The number of hydrogen-bond acceptors (Lipinski definition) is 3. The van der Waals surface area contributed by atoms with E-state index in [1.54, 1.807) is 6.07 Å². The van der Waals surface area contributed by atoms with Crippen LogP contribution in [0.2, 0.25) is 5.02 Å². The monoisotopic (exact) mass is 393 g/mol. The third kappa shape index (κ3) is 5.50. The Hall–Kier alpha value is -2.98. The fourth-order valence-corrected chi connectivity index (χ4v) is 2.46. The zero-order chi connectivity index (χ0) is 20.0. The van der Waals surface area contributed by atoms with Crippen LogP contribution in [-0.2, 0) is 17.5 Å². The molecule has 0 spiro atoms. The number of carbonyl (C=O) groups excluding carboxylic acids is 1. The highest BCUT2D eigenvalue weighted by Gasteiger charge is 2.33. The average molecular weight is 394 g/mol. The zero-order valence-corrected chi connectivity index (χ0v) is 14.9. The van der Waals surface area contributed by atoms with Crippen molar-refractivity contribution in [1.29, 1.82) is 5.26 Å². The van der Waals surface area contributed by atoms with E-state index in [1.165, 1.54) is 12.3 Å². The van der Waals surface area contributed by atoms with E-state index in [1.807, 2.05) is 31.2 Å². The number of rotatable bonds is 5. The predicted molar refractivity (Wildman–Crippen MR) is 96.8 cm³/mol. The second-order valence-electron chi connectivity index (χ2n) is 5.62. The molecule has 0 heterocycles. The molecule has 0 atom stereocenters. The maximum Gasteiger partial charge on any atom is 0.417 e. The molecule has 2 aromatic carbocycles. The second-order valence-corrected chi connectivity index (χ2v) is 6.03. The zero-order valence-electron chi connectivity index (χ0n) is 14.2. The van der Waals surface area contributed by atoms with Crippen molar-refractivity contribution < 1.29 is 18.0 Å². The Labute approximate surface area is 159 Å². The molecule has 0 bridgehead atoms. The summed E-state index contributed by atoms with van der Waals surface area (Å²) in [6, 6.07) is 12.3. The molecular weight excluding hydrogens is 379 g/mol. The maximum atomic E-state index is 12.9. The second kappa shape index (κ2) is 8.60. The molecule has 0 aliphatic heterocycles. The van der Waals surface area contributed by atoms with E-state index in [-0.39, 0.29) is 11.3 Å². The lowest BCUT2D eigenvalue weighted by Crippen LogP contribution is -2.17. The van der Waals surface area contributed by atoms with Gasteiger partial charge in [-0.2, -0.15) is 18.4 Å². The van der Waals surface area contributed by atoms with Gasteiger partial charge in [0.25, 0.3) is 5.91 Å². The van der Waals surface area contributed by atoms with Crippen LogP contribution in [0.1, 0.15) is 16.7 Å². The van der Waals surface area contributed by atoms with Crippen LogP contribution in [0, 0.1) is 18.3 Å². The summed E-state index contributed by atoms with van der Waals surface area (Å²) in [7, 11) is 0. The molecule has 2 aromatic rings. The fraction of sp³-hybridized carbons (Fsp3) is 0.158. The number of nitriles is 1. The Morgan fingerprint density at radius 1 is 1.26 bits per heavy atom. The highest BCUT2D eigenvalue weighted by molar-refractivity contribution is 6.31. The van der Waals surface area contributed by atoms with Gasteiger partial charge in [0, 0.05) is 18.4 Å². The third-order valence-corrected chi connectivity index (χ3v) is 4.02. The van der Waals surface area contributed by atoms with Crippen molar-refractivity contribution in [2.24, 2.45) is 0 Å². The molecule has 0 fully saturated rings. The number of amides is 1. The molecule has 0 saturated carbocycles. The molecule has 0 unspecified atom stereocenters. The van der Waals surface area contributed by atoms with E-state index in [0.717, 1.165) is 23.3 Å². The molecule has 2 N–H and O–H groups in total. The van der Waals surface area contributed by atoms with Crippen molar-refractivity contribution in [1.82, 2.24) is 5.32 Å². The van der Waals surface area contributed by atoms with E-state index in [4.69, 9.17) is 16.9 Å². The van der Waals surface area contributed by atoms with Crippen LogP contribution in [0.3, 0.4) is 0 Å². The van der Waals surface area contributed by atoms with Gasteiger partial charge in [0.1, 0.15) is 11.6 Å². The van der Waals surface area contributed by atoms with Crippen LogP contribution in [0.5, 0.6) is 0 Å². The van der Waals surface area contributed by atoms with Crippen LogP contribution < -0.4 is 10.6 Å². The van der Waals surface area contributed by atoms with Gasteiger partial charge in [-0.15, -0.1) is 0 Å². The van der Waals surface area contributed by atoms with Gasteiger partial charge in [-0.05, 0) is 36.2 Å². The Bertz CT molecular complexity index is 917. The first-order chi connectivity index (χ1) is 12.7. The minimum absolute atomic E-state index is 0.114. The number of benzene rings is 2. The van der Waals surface area contributed by atoms with Gasteiger partial charge in [-0.1, -0.05) is 35.9 Å². The topological polar surface area (TPSA) is 64.9 Å². The molecule has 27 heavy (non-hydrogen) atoms. The summed E-state index contributed by atoms with van der Waals surface area (Å²) in [6.07, 6.45) is -3.43. The van der Waals surface area contributed by atoms with E-state index >= 15 is 0 Å². The quantitative estimate of drug-likeness (QED) is 0.566. The largest absolute Gasteiger partial charge is 0.417 e. The normalized spacial score (nSPS) is 11.6. The van der Waals surface area contributed by atoms with E-state index in [9.17, 15) is 18.0 Å². The number of carbonyl (C=O) groups is 1. The summed E-state index contributed by atoms with van der Waals surface area (Å²) in [4.78, 5) is 12.1. The number of alkyl halides is 3. The van der Waals surface area contributed by atoms with Gasteiger partial charge in [-0.25, -0.2) is 0 Å². The number of nitrogens with one attached hydrogen (secondary N) is 2. The number of aryl methyl sites for hydroxylation is 1. The number of nitrogens with zero attached hydrogens (tertiary/aromatic N) is 1. The molecule has 0 aliphatic rings. The Kier molecular flexibility index (Phi) is 6.48. The van der Waals surface area contributed by atoms with E-state index < -0.39 is 22.7 Å². The molecule has 0 radical (unpaired) electrons. The smallest absolute Gasteiger partial charge is 0.386 e. The molecule has 1 amide bonds. The van der Waals surface area contributed by atoms with Crippen LogP contribution in [0.25, 0.3) is 0 Å². The van der Waals surface area contributed by atoms with Crippen molar-refractivity contribution in [3.8, 4) is 6.07 Å². The van der Waals surface area contributed by atoms with Crippen molar-refractivity contribution >= 4 is 23.2 Å². The highest BCUT2D eigenvalue weighted by atomic mass is 35.5. The summed E-state index contributed by atoms with van der Waals surface area (Å²) in [5, 5.41) is 13.8. The Balaban J connectivity index is 2.09. The summed E-state index contributed by atoms with van der Waals surface area (Å²) < 4.78 is 38.6. The van der Waals surface area contributed by atoms with Gasteiger partial charge in [-0.3, -0.25) is 4.79 Å². The minimum Gasteiger partial charge on any atom is -0.386 e. The van der Waals surface area contributed by atoms with Crippen LogP contribution in [0.15, 0.2) is 54.2 Å². The molecule has 0 aliphatic carbocycles. The molecule has 0 aromatic heterocycles. The summed E-state index contributed by atoms with van der Waals surface area (Å²) in [6.45, 7) is 2.32. The number of anilines is 1. The van der Waals surface area contributed by atoms with Gasteiger partial charge >= 0.3 is 6.18 Å².